The third-order valence-corrected chi connectivity index (χ3v) is 6.42. The van der Waals surface area contributed by atoms with Gasteiger partial charge in [0.25, 0.3) is 5.92 Å². The molecule has 0 saturated carbocycles. The smallest absolute Gasteiger partial charge is 0.345 e. The van der Waals surface area contributed by atoms with E-state index in [1.54, 1.807) is 18.0 Å². The molecule has 3 aromatic heterocycles. The Morgan fingerprint density at radius 1 is 1.14 bits per heavy atom. The van der Waals surface area contributed by atoms with Gasteiger partial charge in [-0.2, -0.15) is 8.78 Å². The maximum atomic E-state index is 13.4. The van der Waals surface area contributed by atoms with Gasteiger partial charge in [-0.05, 0) is 51.0 Å². The molecule has 35 heavy (non-hydrogen) atoms. The zero-order valence-corrected chi connectivity index (χ0v) is 19.8. The highest BCUT2D eigenvalue weighted by molar-refractivity contribution is 6.04. The van der Waals surface area contributed by atoms with Crippen LogP contribution in [0.2, 0.25) is 0 Å². The summed E-state index contributed by atoms with van der Waals surface area (Å²) in [5, 5.41) is 4.83. The number of nitrogens with zero attached hydrogens (tertiary/aromatic N) is 5. The number of imidazole rings is 1. The number of halogens is 4. The molecule has 0 amide bonds. The number of benzene rings is 1. The average molecular weight is 491 g/mol. The Kier molecular flexibility index (Phi) is 5.79. The first kappa shape index (κ1) is 23.7. The minimum atomic E-state index is -2.91. The summed E-state index contributed by atoms with van der Waals surface area (Å²) >= 11 is 0. The lowest BCUT2D eigenvalue weighted by atomic mass is 9.96. The first-order valence-corrected chi connectivity index (χ1v) is 11.3. The number of fused-ring (bicyclic) bond motifs is 3. The highest BCUT2D eigenvalue weighted by Crippen LogP contribution is 2.36. The highest BCUT2D eigenvalue weighted by Gasteiger charge is 2.44. The molecule has 0 N–H and O–H groups in total. The first-order chi connectivity index (χ1) is 16.5. The third-order valence-electron chi connectivity index (χ3n) is 6.42. The summed E-state index contributed by atoms with van der Waals surface area (Å²) in [5.41, 5.74) is 5.51. The number of likely N-dealkylation sites (tertiary alicyclic amines) is 1. The summed E-state index contributed by atoms with van der Waals surface area (Å²) in [4.78, 5) is 10.8. The number of aromatic nitrogens is 4. The summed E-state index contributed by atoms with van der Waals surface area (Å²) in [6, 6.07) is 3.41. The highest BCUT2D eigenvalue weighted by atomic mass is 19.3. The average Bonchev–Trinajstić information content (AvgIpc) is 3.29. The molecule has 1 aromatic carbocycles. The third kappa shape index (κ3) is 4.27. The van der Waals surface area contributed by atoms with Gasteiger partial charge in [-0.3, -0.25) is 9.88 Å². The molecule has 4 heterocycles. The SMILES string of the molecule is Cc1cc2c(cc1-c1c(C)noc1C)ncc1nc(CN3CC(F)(F)C3)n([C@H](C)COC(F)F)c12. The van der Waals surface area contributed by atoms with Gasteiger partial charge >= 0.3 is 6.61 Å². The molecule has 7 nitrogen and oxygen atoms in total. The lowest BCUT2D eigenvalue weighted by Gasteiger charge is -2.38. The van der Waals surface area contributed by atoms with Gasteiger partial charge in [0.05, 0.1) is 55.2 Å². The van der Waals surface area contributed by atoms with Crippen LogP contribution in [0.25, 0.3) is 33.1 Å². The molecule has 0 bridgehead atoms. The van der Waals surface area contributed by atoms with Gasteiger partial charge in [0, 0.05) is 10.9 Å². The van der Waals surface area contributed by atoms with E-state index in [0.717, 1.165) is 27.8 Å². The van der Waals surface area contributed by atoms with Crippen LogP contribution in [-0.2, 0) is 11.3 Å². The van der Waals surface area contributed by atoms with Crippen molar-refractivity contribution in [2.45, 2.75) is 52.8 Å². The van der Waals surface area contributed by atoms with Crippen molar-refractivity contribution in [3.63, 3.8) is 0 Å². The molecule has 4 aromatic rings. The molecule has 1 aliphatic heterocycles. The van der Waals surface area contributed by atoms with Crippen molar-refractivity contribution in [1.29, 1.82) is 0 Å². The summed E-state index contributed by atoms with van der Waals surface area (Å²) in [6.45, 7) is 3.70. The molecule has 0 spiro atoms. The molecule has 0 radical (unpaired) electrons. The number of rotatable bonds is 7. The first-order valence-electron chi connectivity index (χ1n) is 11.3. The van der Waals surface area contributed by atoms with Crippen LogP contribution in [0.1, 0.15) is 35.8 Å². The second-order valence-corrected chi connectivity index (χ2v) is 9.22. The van der Waals surface area contributed by atoms with Crippen molar-refractivity contribution >= 4 is 21.9 Å². The van der Waals surface area contributed by atoms with E-state index in [1.165, 1.54) is 0 Å². The monoisotopic (exact) mass is 491 g/mol. The van der Waals surface area contributed by atoms with E-state index < -0.39 is 18.6 Å². The fourth-order valence-corrected chi connectivity index (χ4v) is 4.91. The van der Waals surface area contributed by atoms with Gasteiger partial charge in [0.15, 0.2) is 0 Å². The molecule has 186 valence electrons. The normalized spacial score (nSPS) is 16.9. The van der Waals surface area contributed by atoms with Crippen molar-refractivity contribution in [2.75, 3.05) is 19.7 Å². The minimum Gasteiger partial charge on any atom is -0.361 e. The Hall–Kier alpha value is -3.05. The Morgan fingerprint density at radius 3 is 2.51 bits per heavy atom. The maximum Gasteiger partial charge on any atom is 0.345 e. The van der Waals surface area contributed by atoms with Crippen LogP contribution in [0.3, 0.4) is 0 Å². The molecule has 1 fully saturated rings. The Morgan fingerprint density at radius 2 is 1.89 bits per heavy atom. The van der Waals surface area contributed by atoms with Crippen molar-refractivity contribution in [3.8, 4) is 11.1 Å². The van der Waals surface area contributed by atoms with Crippen molar-refractivity contribution in [3.05, 3.63) is 41.2 Å². The van der Waals surface area contributed by atoms with E-state index in [2.05, 4.69) is 19.9 Å². The Labute approximate surface area is 198 Å². The van der Waals surface area contributed by atoms with Crippen LogP contribution in [0.5, 0.6) is 0 Å². The van der Waals surface area contributed by atoms with Gasteiger partial charge in [-0.25, -0.2) is 13.8 Å². The Balaban J connectivity index is 1.66. The molecule has 5 rings (SSSR count). The number of aryl methyl sites for hydroxylation is 3. The van der Waals surface area contributed by atoms with Crippen LogP contribution in [0, 0.1) is 20.8 Å². The summed E-state index contributed by atoms with van der Waals surface area (Å²) < 4.78 is 64.2. The predicted octanol–water partition coefficient (Wildman–Crippen LogP) is 5.42. The molecule has 11 heteroatoms. The molecular formula is C24H25F4N5O2. The molecule has 1 aliphatic rings. The van der Waals surface area contributed by atoms with E-state index in [-0.39, 0.29) is 26.2 Å². The van der Waals surface area contributed by atoms with E-state index in [0.29, 0.717) is 28.1 Å². The second kappa shape index (κ2) is 8.56. The lowest BCUT2D eigenvalue weighted by molar-refractivity contribution is -0.138. The van der Waals surface area contributed by atoms with Crippen LogP contribution >= 0.6 is 0 Å². The van der Waals surface area contributed by atoms with Crippen LogP contribution in [-0.4, -0.2) is 56.8 Å². The topological polar surface area (TPSA) is 69.2 Å². The van der Waals surface area contributed by atoms with E-state index in [1.807, 2.05) is 37.5 Å². The number of hydrogen-bond donors (Lipinski definition) is 0. The van der Waals surface area contributed by atoms with E-state index in [4.69, 9.17) is 4.52 Å². The lowest BCUT2D eigenvalue weighted by Crippen LogP contribution is -2.55. The van der Waals surface area contributed by atoms with Gasteiger partial charge in [-0.1, -0.05) is 5.16 Å². The fraction of sp³-hybridized carbons (Fsp3) is 0.458. The molecular weight excluding hydrogens is 466 g/mol. The molecule has 0 unspecified atom stereocenters. The standard InChI is InChI=1S/C24H25F4N5O2/c1-12-5-17-18(6-16(12)21-14(3)31-35-15(21)4)29-7-19-22(17)33(13(2)9-34-23(25)26)20(30-19)8-32-10-24(27,28)11-32/h5-7,13,23H,8-11H2,1-4H3/t13-/m1/s1. The van der Waals surface area contributed by atoms with Crippen molar-refractivity contribution < 1.29 is 26.8 Å². The van der Waals surface area contributed by atoms with Crippen molar-refractivity contribution in [1.82, 2.24) is 24.6 Å². The number of ether oxygens (including phenoxy) is 1. The predicted molar refractivity (Wildman–Crippen MR) is 122 cm³/mol. The zero-order valence-electron chi connectivity index (χ0n) is 19.8. The Bertz CT molecular complexity index is 1390. The maximum absolute atomic E-state index is 13.4. The molecule has 1 atom stereocenters. The largest absolute Gasteiger partial charge is 0.361 e. The van der Waals surface area contributed by atoms with Gasteiger partial charge in [0.1, 0.15) is 17.1 Å². The van der Waals surface area contributed by atoms with Gasteiger partial charge in [-0.15, -0.1) is 0 Å². The summed E-state index contributed by atoms with van der Waals surface area (Å²) in [5.74, 6) is -1.52. The number of pyridine rings is 1. The summed E-state index contributed by atoms with van der Waals surface area (Å²) in [6.07, 6.45) is 1.62. The molecule has 1 saturated heterocycles. The minimum absolute atomic E-state index is 0.168. The van der Waals surface area contributed by atoms with Crippen LogP contribution in [0.4, 0.5) is 17.6 Å². The van der Waals surface area contributed by atoms with Crippen LogP contribution < -0.4 is 0 Å². The quantitative estimate of drug-likeness (QED) is 0.322. The van der Waals surface area contributed by atoms with Crippen LogP contribution in [0.15, 0.2) is 22.9 Å². The number of hydrogen-bond acceptors (Lipinski definition) is 6. The number of alkyl halides is 4. The van der Waals surface area contributed by atoms with E-state index in [9.17, 15) is 17.6 Å². The van der Waals surface area contributed by atoms with Gasteiger partial charge < -0.3 is 13.8 Å². The van der Waals surface area contributed by atoms with Crippen molar-refractivity contribution in [2.24, 2.45) is 0 Å². The zero-order chi connectivity index (χ0) is 25.1. The molecule has 0 aliphatic carbocycles. The van der Waals surface area contributed by atoms with Gasteiger partial charge in [0.2, 0.25) is 0 Å². The van der Waals surface area contributed by atoms with E-state index >= 15 is 0 Å². The second-order valence-electron chi connectivity index (χ2n) is 9.22. The summed E-state index contributed by atoms with van der Waals surface area (Å²) in [7, 11) is 0. The fourth-order valence-electron chi connectivity index (χ4n) is 4.91.